The van der Waals surface area contributed by atoms with Crippen molar-refractivity contribution in [3.63, 3.8) is 0 Å². The number of hydrogen-bond acceptors (Lipinski definition) is 2. The number of thioether (sulfide) groups is 1. The molecule has 0 heterocycles. The average molecular weight is 310 g/mol. The van der Waals surface area contributed by atoms with Crippen LogP contribution in [0.4, 0.5) is 4.39 Å². The van der Waals surface area contributed by atoms with Crippen molar-refractivity contribution in [3.05, 3.63) is 64.4 Å². The first kappa shape index (κ1) is 15.4. The highest BCUT2D eigenvalue weighted by molar-refractivity contribution is 7.99. The van der Waals surface area contributed by atoms with Crippen molar-refractivity contribution >= 4 is 23.4 Å². The molecule has 0 saturated carbocycles. The Morgan fingerprint density at radius 2 is 2.05 bits per heavy atom. The highest BCUT2D eigenvalue weighted by Gasteiger charge is 2.11. The smallest absolute Gasteiger partial charge is 0.126 e. The average Bonchev–Trinajstić information content (AvgIpc) is 2.43. The third kappa shape index (κ3) is 3.98. The van der Waals surface area contributed by atoms with Crippen LogP contribution in [0.5, 0.6) is 0 Å². The summed E-state index contributed by atoms with van der Waals surface area (Å²) < 4.78 is 13.3. The van der Waals surface area contributed by atoms with Crippen LogP contribution in [0.1, 0.15) is 17.2 Å². The van der Waals surface area contributed by atoms with E-state index in [-0.39, 0.29) is 11.9 Å². The van der Waals surface area contributed by atoms with Gasteiger partial charge in [0.2, 0.25) is 0 Å². The standard InChI is InChI=1S/C16H17ClFNS/c1-11-8-12(6-7-15(11)18)16(19-2)10-20-14-5-3-4-13(17)9-14/h3-9,16,19H,10H2,1-2H3. The monoisotopic (exact) mass is 309 g/mol. The van der Waals surface area contributed by atoms with E-state index in [1.807, 2.05) is 43.4 Å². The van der Waals surface area contributed by atoms with Gasteiger partial charge in [0, 0.05) is 21.7 Å². The van der Waals surface area contributed by atoms with Gasteiger partial charge in [-0.25, -0.2) is 4.39 Å². The van der Waals surface area contributed by atoms with Crippen LogP contribution >= 0.6 is 23.4 Å². The van der Waals surface area contributed by atoms with E-state index < -0.39 is 0 Å². The van der Waals surface area contributed by atoms with Gasteiger partial charge < -0.3 is 5.32 Å². The van der Waals surface area contributed by atoms with E-state index in [1.54, 1.807) is 18.7 Å². The summed E-state index contributed by atoms with van der Waals surface area (Å²) in [7, 11) is 1.92. The molecule has 2 aromatic rings. The predicted molar refractivity (Wildman–Crippen MR) is 85.1 cm³/mol. The largest absolute Gasteiger partial charge is 0.312 e. The van der Waals surface area contributed by atoms with E-state index in [0.29, 0.717) is 5.56 Å². The van der Waals surface area contributed by atoms with Gasteiger partial charge in [0.25, 0.3) is 0 Å². The molecule has 0 bridgehead atoms. The molecule has 0 radical (unpaired) electrons. The summed E-state index contributed by atoms with van der Waals surface area (Å²) in [5.41, 5.74) is 1.77. The van der Waals surface area contributed by atoms with Crippen molar-refractivity contribution in [2.75, 3.05) is 12.8 Å². The van der Waals surface area contributed by atoms with Gasteiger partial charge in [0.15, 0.2) is 0 Å². The van der Waals surface area contributed by atoms with Gasteiger partial charge in [0.05, 0.1) is 0 Å². The second-order valence-electron chi connectivity index (χ2n) is 4.62. The predicted octanol–water partition coefficient (Wildman–Crippen LogP) is 4.84. The molecule has 2 aromatic carbocycles. The first-order chi connectivity index (χ1) is 9.60. The van der Waals surface area contributed by atoms with E-state index in [2.05, 4.69) is 5.32 Å². The molecule has 0 aliphatic rings. The quantitative estimate of drug-likeness (QED) is 0.793. The summed E-state index contributed by atoms with van der Waals surface area (Å²) >= 11 is 7.71. The molecular weight excluding hydrogens is 293 g/mol. The van der Waals surface area contributed by atoms with E-state index in [0.717, 1.165) is 21.2 Å². The van der Waals surface area contributed by atoms with Crippen LogP contribution in [-0.2, 0) is 0 Å². The Kier molecular flexibility index (Phi) is 5.46. The fourth-order valence-corrected chi connectivity index (χ4v) is 3.33. The maximum Gasteiger partial charge on any atom is 0.126 e. The fourth-order valence-electron chi connectivity index (χ4n) is 1.97. The lowest BCUT2D eigenvalue weighted by molar-refractivity contribution is 0.611. The van der Waals surface area contributed by atoms with Crippen molar-refractivity contribution in [2.24, 2.45) is 0 Å². The summed E-state index contributed by atoms with van der Waals surface area (Å²) in [6.07, 6.45) is 0. The minimum Gasteiger partial charge on any atom is -0.312 e. The van der Waals surface area contributed by atoms with Crippen molar-refractivity contribution in [1.29, 1.82) is 0 Å². The normalized spacial score (nSPS) is 12.4. The maximum absolute atomic E-state index is 13.3. The van der Waals surface area contributed by atoms with Gasteiger partial charge in [-0.15, -0.1) is 11.8 Å². The number of hydrogen-bond donors (Lipinski definition) is 1. The molecule has 0 saturated heterocycles. The second-order valence-corrected chi connectivity index (χ2v) is 6.15. The van der Waals surface area contributed by atoms with Gasteiger partial charge in [0.1, 0.15) is 5.82 Å². The van der Waals surface area contributed by atoms with E-state index >= 15 is 0 Å². The summed E-state index contributed by atoms with van der Waals surface area (Å²) in [4.78, 5) is 1.14. The Hall–Kier alpha value is -1.03. The Bertz CT molecular complexity index is 588. The number of benzene rings is 2. The first-order valence-corrected chi connectivity index (χ1v) is 7.78. The van der Waals surface area contributed by atoms with Crippen LogP contribution in [0.3, 0.4) is 0 Å². The van der Waals surface area contributed by atoms with Gasteiger partial charge in [-0.2, -0.15) is 0 Å². The number of nitrogens with one attached hydrogen (secondary N) is 1. The van der Waals surface area contributed by atoms with Crippen molar-refractivity contribution in [1.82, 2.24) is 5.32 Å². The molecule has 1 N–H and O–H groups in total. The molecule has 2 rings (SSSR count). The number of rotatable bonds is 5. The lowest BCUT2D eigenvalue weighted by Crippen LogP contribution is -2.18. The Balaban J connectivity index is 2.07. The zero-order valence-electron chi connectivity index (χ0n) is 11.5. The summed E-state index contributed by atoms with van der Waals surface area (Å²) in [6.45, 7) is 1.79. The van der Waals surface area contributed by atoms with Crippen LogP contribution in [0.25, 0.3) is 0 Å². The molecule has 1 unspecified atom stereocenters. The van der Waals surface area contributed by atoms with Crippen LogP contribution < -0.4 is 5.32 Å². The molecule has 1 atom stereocenters. The number of halogens is 2. The van der Waals surface area contributed by atoms with Crippen LogP contribution in [0.2, 0.25) is 5.02 Å². The van der Waals surface area contributed by atoms with Crippen molar-refractivity contribution in [2.45, 2.75) is 17.9 Å². The number of aryl methyl sites for hydroxylation is 1. The fraction of sp³-hybridized carbons (Fsp3) is 0.250. The van der Waals surface area contributed by atoms with Crippen LogP contribution in [0, 0.1) is 12.7 Å². The van der Waals surface area contributed by atoms with Gasteiger partial charge in [-0.1, -0.05) is 29.8 Å². The lowest BCUT2D eigenvalue weighted by atomic mass is 10.1. The molecule has 20 heavy (non-hydrogen) atoms. The summed E-state index contributed by atoms with van der Waals surface area (Å²) in [5, 5.41) is 4.02. The molecular formula is C16H17ClFNS. The van der Waals surface area contributed by atoms with Gasteiger partial charge >= 0.3 is 0 Å². The highest BCUT2D eigenvalue weighted by atomic mass is 35.5. The van der Waals surface area contributed by atoms with E-state index in [4.69, 9.17) is 11.6 Å². The van der Waals surface area contributed by atoms with Crippen molar-refractivity contribution < 1.29 is 4.39 Å². The maximum atomic E-state index is 13.3. The van der Waals surface area contributed by atoms with Crippen LogP contribution in [0.15, 0.2) is 47.4 Å². The molecule has 4 heteroatoms. The summed E-state index contributed by atoms with van der Waals surface area (Å²) in [5.74, 6) is 0.702. The van der Waals surface area contributed by atoms with Gasteiger partial charge in [-0.3, -0.25) is 0 Å². The Labute approximate surface area is 128 Å². The molecule has 0 amide bonds. The second kappa shape index (κ2) is 7.11. The summed E-state index contributed by atoms with van der Waals surface area (Å²) in [6, 6.07) is 13.2. The van der Waals surface area contributed by atoms with Gasteiger partial charge in [-0.05, 0) is 49.4 Å². The molecule has 0 aliphatic carbocycles. The third-order valence-electron chi connectivity index (χ3n) is 3.15. The molecule has 106 valence electrons. The third-order valence-corrected chi connectivity index (χ3v) is 4.47. The molecule has 0 spiro atoms. The van der Waals surface area contributed by atoms with E-state index in [9.17, 15) is 4.39 Å². The zero-order valence-corrected chi connectivity index (χ0v) is 13.1. The SMILES string of the molecule is CNC(CSc1cccc(Cl)c1)c1ccc(F)c(C)c1. The molecule has 1 nitrogen and oxygen atoms in total. The molecule has 0 aliphatic heterocycles. The minimum absolute atomic E-state index is 0.161. The minimum atomic E-state index is -0.161. The lowest BCUT2D eigenvalue weighted by Gasteiger charge is -2.17. The first-order valence-electron chi connectivity index (χ1n) is 6.42. The Morgan fingerprint density at radius 1 is 1.25 bits per heavy atom. The molecule has 0 aromatic heterocycles. The van der Waals surface area contributed by atoms with Crippen molar-refractivity contribution in [3.8, 4) is 0 Å². The zero-order chi connectivity index (χ0) is 14.5. The van der Waals surface area contributed by atoms with E-state index in [1.165, 1.54) is 6.07 Å². The Morgan fingerprint density at radius 3 is 2.70 bits per heavy atom. The molecule has 0 fully saturated rings. The highest BCUT2D eigenvalue weighted by Crippen LogP contribution is 2.27. The van der Waals surface area contributed by atoms with Crippen LogP contribution in [-0.4, -0.2) is 12.8 Å². The topological polar surface area (TPSA) is 12.0 Å².